The number of hydrogen-bond donors (Lipinski definition) is 2. The Morgan fingerprint density at radius 3 is 2.05 bits per heavy atom. The fraction of sp³-hybridized carbons (Fsp3) is 0.238. The number of pyridine rings is 2. The topological polar surface area (TPSA) is 85.6 Å². The Morgan fingerprint density at radius 2 is 1.36 bits per heavy atom. The van der Waals surface area contributed by atoms with Gasteiger partial charge in [-0.1, -0.05) is 36.4 Å². The van der Waals surface area contributed by atoms with Gasteiger partial charge < -0.3 is 24.9 Å². The summed E-state index contributed by atoms with van der Waals surface area (Å²) in [4.78, 5) is 19.8. The van der Waals surface area contributed by atoms with Crippen molar-refractivity contribution < 1.29 is 30.8 Å². The third kappa shape index (κ3) is 7.39. The van der Waals surface area contributed by atoms with Gasteiger partial charge >= 0.3 is 12.4 Å². The molecule has 0 amide bonds. The Morgan fingerprint density at radius 1 is 0.724 bits per heavy atom. The van der Waals surface area contributed by atoms with Crippen molar-refractivity contribution in [3.8, 4) is 33.8 Å². The molecule has 6 aromatic rings. The highest BCUT2D eigenvalue weighted by molar-refractivity contribution is 7.80. The molecule has 4 aliphatic rings. The summed E-state index contributed by atoms with van der Waals surface area (Å²) in [5, 5.41) is 7.16. The molecule has 16 heteroatoms. The number of nitrogens with zero attached hydrogens (tertiary/aromatic N) is 6. The lowest BCUT2D eigenvalue weighted by molar-refractivity contribution is -0.138. The second-order valence-electron chi connectivity index (χ2n) is 14.5. The van der Waals surface area contributed by atoms with Crippen molar-refractivity contribution in [1.29, 1.82) is 0 Å². The maximum atomic E-state index is 13.3. The normalized spacial score (nSPS) is 17.9. The fourth-order valence-corrected chi connectivity index (χ4v) is 8.25. The molecule has 0 saturated carbocycles. The molecule has 2 fully saturated rings. The number of benzene rings is 3. The van der Waals surface area contributed by atoms with Gasteiger partial charge in [0.2, 0.25) is 0 Å². The molecule has 2 N–H and O–H groups in total. The van der Waals surface area contributed by atoms with Gasteiger partial charge in [-0.3, -0.25) is 4.90 Å². The number of nitrogens with one attached hydrogen (secondary N) is 2. The van der Waals surface area contributed by atoms with Crippen LogP contribution in [0, 0.1) is 0 Å². The van der Waals surface area contributed by atoms with Crippen molar-refractivity contribution >= 4 is 46.0 Å². The molecule has 3 aromatic carbocycles. The third-order valence-electron chi connectivity index (χ3n) is 10.7. The number of aromatic nitrogens is 3. The van der Waals surface area contributed by atoms with E-state index >= 15 is 0 Å². The van der Waals surface area contributed by atoms with E-state index in [2.05, 4.69) is 30.4 Å². The van der Waals surface area contributed by atoms with Crippen LogP contribution in [0.25, 0.3) is 33.8 Å². The van der Waals surface area contributed by atoms with Gasteiger partial charge in [0, 0.05) is 54.6 Å². The zero-order chi connectivity index (χ0) is 40.2. The predicted octanol–water partition coefficient (Wildman–Crippen LogP) is 9.99. The van der Waals surface area contributed by atoms with E-state index in [-0.39, 0.29) is 6.04 Å². The maximum absolute atomic E-state index is 13.3. The first-order valence-corrected chi connectivity index (χ1v) is 19.0. The van der Waals surface area contributed by atoms with Gasteiger partial charge in [0.05, 0.1) is 46.1 Å². The molecular formula is C42H34F6N8OS. The molecule has 3 aromatic heterocycles. The quantitative estimate of drug-likeness (QED) is 0.133. The second kappa shape index (κ2) is 14.7. The summed E-state index contributed by atoms with van der Waals surface area (Å²) in [5.41, 5.74) is 4.13. The highest BCUT2D eigenvalue weighted by atomic mass is 32.1. The molecule has 10 rings (SSSR count). The van der Waals surface area contributed by atoms with Gasteiger partial charge in [-0.05, 0) is 85.7 Å². The summed E-state index contributed by atoms with van der Waals surface area (Å²) in [6.07, 6.45) is -3.78. The molecule has 58 heavy (non-hydrogen) atoms. The van der Waals surface area contributed by atoms with Gasteiger partial charge in [-0.15, -0.1) is 0 Å². The summed E-state index contributed by atoms with van der Waals surface area (Å²) in [5.74, 6) is 2.05. The van der Waals surface area contributed by atoms with E-state index < -0.39 is 23.5 Å². The fourth-order valence-electron chi connectivity index (χ4n) is 7.90. The monoisotopic (exact) mass is 812 g/mol. The summed E-state index contributed by atoms with van der Waals surface area (Å²) in [7, 11) is 0. The Kier molecular flexibility index (Phi) is 9.45. The number of thiocarbonyl (C=S) groups is 1. The average molecular weight is 813 g/mol. The minimum Gasteiger partial charge on any atom is -0.444 e. The van der Waals surface area contributed by atoms with Crippen LogP contribution in [0.2, 0.25) is 0 Å². The van der Waals surface area contributed by atoms with E-state index in [1.807, 2.05) is 41.3 Å². The standard InChI is InChI=1S/C26H20F3N5OS.C16H14F3N3/c27-26(28,29)18-5-1-3-16(11-18)21-7-8-22-24(32-21)34(20-9-10-33(22)14-20)25(36)31-19-6-2-4-17(12-19)23-13-30-15-35-23;17-16(18,19)11-3-1-2-10(8-11)13-4-5-14-15(21-13)20-12-6-7-22(14)9-12/h1-8,11-13,15,20H,9-10,14H2,(H,31,36);1-5,8,12H,6-7,9H2,(H,20,21)/t20-;12-/m00/s1. The lowest BCUT2D eigenvalue weighted by Crippen LogP contribution is -2.48. The van der Waals surface area contributed by atoms with Crippen LogP contribution in [-0.2, 0) is 12.4 Å². The zero-order valence-electron chi connectivity index (χ0n) is 30.6. The minimum absolute atomic E-state index is 0.110. The lowest BCUT2D eigenvalue weighted by Gasteiger charge is -2.37. The van der Waals surface area contributed by atoms with E-state index in [0.717, 1.165) is 91.7 Å². The second-order valence-corrected chi connectivity index (χ2v) is 14.9. The Labute approximate surface area is 334 Å². The molecule has 0 aliphatic carbocycles. The lowest BCUT2D eigenvalue weighted by atomic mass is 10.1. The molecule has 2 atom stereocenters. The number of oxazole rings is 1. The minimum atomic E-state index is -4.42. The van der Waals surface area contributed by atoms with E-state index in [9.17, 15) is 26.3 Å². The summed E-state index contributed by atoms with van der Waals surface area (Å²) in [6.45, 7) is 3.63. The Balaban J connectivity index is 0.000000169. The van der Waals surface area contributed by atoms with Crippen LogP contribution in [-0.4, -0.2) is 58.3 Å². The number of halogens is 6. The molecule has 0 spiro atoms. The predicted molar refractivity (Wildman–Crippen MR) is 215 cm³/mol. The number of fused-ring (bicyclic) bond motifs is 8. The first-order valence-electron chi connectivity index (χ1n) is 18.6. The van der Waals surface area contributed by atoms with Crippen LogP contribution in [0.3, 0.4) is 0 Å². The first kappa shape index (κ1) is 37.4. The Bertz CT molecular complexity index is 2490. The average Bonchev–Trinajstić information content (AvgIpc) is 3.99. The van der Waals surface area contributed by atoms with Crippen LogP contribution >= 0.6 is 12.2 Å². The van der Waals surface area contributed by atoms with Gasteiger partial charge in [0.15, 0.2) is 28.9 Å². The first-order chi connectivity index (χ1) is 27.9. The van der Waals surface area contributed by atoms with E-state index in [1.54, 1.807) is 30.5 Å². The van der Waals surface area contributed by atoms with Crippen molar-refractivity contribution in [3.05, 3.63) is 121 Å². The summed E-state index contributed by atoms with van der Waals surface area (Å²) >= 11 is 5.84. The van der Waals surface area contributed by atoms with E-state index in [1.165, 1.54) is 18.5 Å². The van der Waals surface area contributed by atoms with Crippen molar-refractivity contribution in [2.45, 2.75) is 37.3 Å². The van der Waals surface area contributed by atoms with Crippen LogP contribution in [0.15, 0.2) is 114 Å². The third-order valence-corrected chi connectivity index (χ3v) is 11.0. The molecule has 0 unspecified atom stereocenters. The van der Waals surface area contributed by atoms with Crippen molar-refractivity contribution in [2.24, 2.45) is 0 Å². The smallest absolute Gasteiger partial charge is 0.416 e. The van der Waals surface area contributed by atoms with Crippen molar-refractivity contribution in [2.75, 3.05) is 51.5 Å². The highest BCUT2D eigenvalue weighted by Crippen LogP contribution is 2.42. The molecular weight excluding hydrogens is 779 g/mol. The van der Waals surface area contributed by atoms with Crippen LogP contribution < -0.4 is 25.3 Å². The number of rotatable bonds is 4. The molecule has 0 radical (unpaired) electrons. The van der Waals surface area contributed by atoms with E-state index in [0.29, 0.717) is 45.2 Å². The maximum Gasteiger partial charge on any atom is 0.416 e. The van der Waals surface area contributed by atoms with Crippen molar-refractivity contribution in [3.63, 3.8) is 0 Å². The summed E-state index contributed by atoms with van der Waals surface area (Å²) in [6, 6.07) is 26.1. The number of anilines is 5. The molecule has 7 heterocycles. The molecule has 2 saturated heterocycles. The largest absolute Gasteiger partial charge is 0.444 e. The van der Waals surface area contributed by atoms with Crippen molar-refractivity contribution in [1.82, 2.24) is 15.0 Å². The van der Waals surface area contributed by atoms with E-state index in [4.69, 9.17) is 21.6 Å². The van der Waals surface area contributed by atoms with Crippen LogP contribution in [0.4, 0.5) is 55.0 Å². The zero-order valence-corrected chi connectivity index (χ0v) is 31.4. The molecule has 4 bridgehead atoms. The molecule has 9 nitrogen and oxygen atoms in total. The Hall–Kier alpha value is -6.16. The van der Waals surface area contributed by atoms with Crippen LogP contribution in [0.5, 0.6) is 0 Å². The summed E-state index contributed by atoms with van der Waals surface area (Å²) < 4.78 is 83.8. The number of hydrogen-bond acceptors (Lipinski definition) is 8. The van der Waals surface area contributed by atoms with Crippen LogP contribution in [0.1, 0.15) is 24.0 Å². The SMILES string of the molecule is FC(F)(F)c1cccc(-c2ccc3c(n2)N(C(=S)Nc2cccc(-c4cnco4)c2)[C@H]2CCN3C2)c1.FC(F)(F)c1cccc(-c2ccc3c(n2)N[C@H]2CCN3C2)c1. The highest BCUT2D eigenvalue weighted by Gasteiger charge is 2.39. The van der Waals surface area contributed by atoms with Gasteiger partial charge in [-0.25, -0.2) is 15.0 Å². The molecule has 296 valence electrons. The number of alkyl halides is 6. The van der Waals surface area contributed by atoms with Gasteiger partial charge in [0.1, 0.15) is 0 Å². The van der Waals surface area contributed by atoms with Gasteiger partial charge in [0.25, 0.3) is 0 Å². The molecule has 4 aliphatic heterocycles. The van der Waals surface area contributed by atoms with Gasteiger partial charge in [-0.2, -0.15) is 26.3 Å².